The summed E-state index contributed by atoms with van der Waals surface area (Å²) in [4.78, 5) is 17.1. The molecule has 7 nitrogen and oxygen atoms in total. The zero-order chi connectivity index (χ0) is 21.2. The number of benzene rings is 1. The predicted molar refractivity (Wildman–Crippen MR) is 123 cm³/mol. The molecular formula is C22H25N5O2S2. The standard InChI is InChI=1S/C22H25N5O2S2/c1-14-4-6-15(7-5-14)18-12-30-21(23-18)24-19(28)13-31-22-26-25-20(16-8-9-16)27(22)11-17-3-2-10-29-17/h4-7,12,16-17H,2-3,8-11,13H2,1H3,(H,23,24,28). The van der Waals surface area contributed by atoms with Crippen LogP contribution in [0.25, 0.3) is 11.3 Å². The fourth-order valence-electron chi connectivity index (χ4n) is 3.69. The molecule has 5 rings (SSSR count). The lowest BCUT2D eigenvalue weighted by Crippen LogP contribution is -2.19. The van der Waals surface area contributed by atoms with Crippen LogP contribution in [0, 0.1) is 6.92 Å². The van der Waals surface area contributed by atoms with Crippen molar-refractivity contribution in [1.29, 1.82) is 0 Å². The first-order valence-corrected chi connectivity index (χ1v) is 12.5. The van der Waals surface area contributed by atoms with Crippen LogP contribution >= 0.6 is 23.1 Å². The molecule has 1 aliphatic carbocycles. The normalized spacial score (nSPS) is 18.4. The van der Waals surface area contributed by atoms with Gasteiger partial charge in [0, 0.05) is 23.5 Å². The molecule has 1 N–H and O–H groups in total. The van der Waals surface area contributed by atoms with Crippen LogP contribution in [0.1, 0.15) is 43.0 Å². The lowest BCUT2D eigenvalue weighted by atomic mass is 10.1. The lowest BCUT2D eigenvalue weighted by Gasteiger charge is -2.14. The van der Waals surface area contributed by atoms with E-state index in [9.17, 15) is 4.79 Å². The third-order valence-electron chi connectivity index (χ3n) is 5.53. The number of ether oxygens (including phenoxy) is 1. The van der Waals surface area contributed by atoms with Crippen molar-refractivity contribution in [2.45, 2.75) is 56.3 Å². The van der Waals surface area contributed by atoms with E-state index in [1.165, 1.54) is 41.5 Å². The van der Waals surface area contributed by atoms with Gasteiger partial charge in [0.05, 0.1) is 24.1 Å². The van der Waals surface area contributed by atoms with E-state index in [2.05, 4.69) is 44.1 Å². The van der Waals surface area contributed by atoms with E-state index >= 15 is 0 Å². The molecule has 1 saturated carbocycles. The Hall–Kier alpha value is -2.23. The second kappa shape index (κ2) is 9.10. The topological polar surface area (TPSA) is 81.9 Å². The summed E-state index contributed by atoms with van der Waals surface area (Å²) in [6.07, 6.45) is 4.73. The highest BCUT2D eigenvalue weighted by atomic mass is 32.2. The van der Waals surface area contributed by atoms with Crippen LogP contribution in [0.4, 0.5) is 5.13 Å². The molecule has 2 aliphatic rings. The Morgan fingerprint density at radius 1 is 1.26 bits per heavy atom. The quantitative estimate of drug-likeness (QED) is 0.504. The molecule has 1 amide bonds. The van der Waals surface area contributed by atoms with Crippen molar-refractivity contribution in [2.75, 3.05) is 17.7 Å². The zero-order valence-corrected chi connectivity index (χ0v) is 19.0. The Bertz CT molecular complexity index is 1050. The highest BCUT2D eigenvalue weighted by molar-refractivity contribution is 7.99. The number of thiazole rings is 1. The first-order chi connectivity index (χ1) is 15.2. The van der Waals surface area contributed by atoms with Crippen molar-refractivity contribution < 1.29 is 9.53 Å². The zero-order valence-electron chi connectivity index (χ0n) is 17.4. The van der Waals surface area contributed by atoms with Crippen LogP contribution in [0.5, 0.6) is 0 Å². The largest absolute Gasteiger partial charge is 0.376 e. The number of hydrogen-bond donors (Lipinski definition) is 1. The number of carbonyl (C=O) groups is 1. The number of aromatic nitrogens is 4. The molecule has 9 heteroatoms. The van der Waals surface area contributed by atoms with Gasteiger partial charge in [0.1, 0.15) is 5.82 Å². The van der Waals surface area contributed by atoms with Crippen LogP contribution in [0.2, 0.25) is 0 Å². The van der Waals surface area contributed by atoms with E-state index in [0.717, 1.165) is 48.2 Å². The average molecular weight is 456 g/mol. The van der Waals surface area contributed by atoms with Crippen molar-refractivity contribution in [2.24, 2.45) is 0 Å². The third-order valence-corrected chi connectivity index (χ3v) is 7.25. The highest BCUT2D eigenvalue weighted by Gasteiger charge is 2.32. The molecular weight excluding hydrogens is 430 g/mol. The monoisotopic (exact) mass is 455 g/mol. The molecule has 2 aromatic heterocycles. The van der Waals surface area contributed by atoms with E-state index in [0.29, 0.717) is 11.0 Å². The van der Waals surface area contributed by atoms with Crippen molar-refractivity contribution in [3.8, 4) is 11.3 Å². The van der Waals surface area contributed by atoms with Crippen LogP contribution in [-0.4, -0.2) is 44.1 Å². The first-order valence-electron chi connectivity index (χ1n) is 10.7. The predicted octanol–water partition coefficient (Wildman–Crippen LogP) is 4.50. The van der Waals surface area contributed by atoms with Gasteiger partial charge in [-0.25, -0.2) is 4.98 Å². The Labute approximate surface area is 189 Å². The number of nitrogens with one attached hydrogen (secondary N) is 1. The van der Waals surface area contributed by atoms with Gasteiger partial charge in [-0.2, -0.15) is 0 Å². The van der Waals surface area contributed by atoms with Crippen LogP contribution < -0.4 is 5.32 Å². The number of carbonyl (C=O) groups excluding carboxylic acids is 1. The second-order valence-electron chi connectivity index (χ2n) is 8.10. The molecule has 2 fully saturated rings. The summed E-state index contributed by atoms with van der Waals surface area (Å²) in [5, 5.41) is 15.1. The maximum atomic E-state index is 12.5. The highest BCUT2D eigenvalue weighted by Crippen LogP contribution is 2.40. The van der Waals surface area contributed by atoms with Gasteiger partial charge in [-0.15, -0.1) is 21.5 Å². The number of rotatable bonds is 8. The molecule has 1 atom stereocenters. The Kier molecular flexibility index (Phi) is 6.06. The van der Waals surface area contributed by atoms with Crippen LogP contribution in [0.15, 0.2) is 34.8 Å². The minimum absolute atomic E-state index is 0.0885. The van der Waals surface area contributed by atoms with E-state index < -0.39 is 0 Å². The number of anilines is 1. The summed E-state index contributed by atoms with van der Waals surface area (Å²) in [5.41, 5.74) is 3.13. The third kappa shape index (κ3) is 4.99. The van der Waals surface area contributed by atoms with E-state index in [-0.39, 0.29) is 17.8 Å². The minimum atomic E-state index is -0.0885. The van der Waals surface area contributed by atoms with Gasteiger partial charge >= 0.3 is 0 Å². The van der Waals surface area contributed by atoms with Gasteiger partial charge < -0.3 is 14.6 Å². The van der Waals surface area contributed by atoms with Crippen LogP contribution in [0.3, 0.4) is 0 Å². The fraction of sp³-hybridized carbons (Fsp3) is 0.455. The lowest BCUT2D eigenvalue weighted by molar-refractivity contribution is -0.113. The molecule has 1 aromatic carbocycles. The van der Waals surface area contributed by atoms with Crippen molar-refractivity contribution >= 4 is 34.1 Å². The molecule has 1 aliphatic heterocycles. The Balaban J connectivity index is 1.20. The fourth-order valence-corrected chi connectivity index (χ4v) is 5.18. The molecule has 162 valence electrons. The van der Waals surface area contributed by atoms with Gasteiger partial charge in [0.2, 0.25) is 5.91 Å². The second-order valence-corrected chi connectivity index (χ2v) is 9.90. The number of amides is 1. The van der Waals surface area contributed by atoms with E-state index in [1.807, 2.05) is 17.5 Å². The first kappa shape index (κ1) is 20.7. The van der Waals surface area contributed by atoms with Crippen LogP contribution in [-0.2, 0) is 16.1 Å². The maximum absolute atomic E-state index is 12.5. The average Bonchev–Trinajstić information content (AvgIpc) is 3.15. The van der Waals surface area contributed by atoms with Gasteiger partial charge in [-0.05, 0) is 32.6 Å². The number of aryl methyl sites for hydroxylation is 1. The number of thioether (sulfide) groups is 1. The number of nitrogens with zero attached hydrogens (tertiary/aromatic N) is 4. The van der Waals surface area contributed by atoms with Gasteiger partial charge in [-0.1, -0.05) is 41.6 Å². The van der Waals surface area contributed by atoms with Gasteiger partial charge in [0.25, 0.3) is 0 Å². The van der Waals surface area contributed by atoms with Gasteiger partial charge in [0.15, 0.2) is 10.3 Å². The summed E-state index contributed by atoms with van der Waals surface area (Å²) in [7, 11) is 0. The van der Waals surface area contributed by atoms with Crippen molar-refractivity contribution in [3.63, 3.8) is 0 Å². The smallest absolute Gasteiger partial charge is 0.236 e. The summed E-state index contributed by atoms with van der Waals surface area (Å²) < 4.78 is 7.99. The van der Waals surface area contributed by atoms with Gasteiger partial charge in [-0.3, -0.25) is 4.79 Å². The Morgan fingerprint density at radius 2 is 2.10 bits per heavy atom. The summed E-state index contributed by atoms with van der Waals surface area (Å²) in [6, 6.07) is 8.22. The van der Waals surface area contributed by atoms with E-state index in [1.54, 1.807) is 0 Å². The summed E-state index contributed by atoms with van der Waals surface area (Å²) in [5.74, 6) is 1.73. The molecule has 3 aromatic rings. The molecule has 0 spiro atoms. The summed E-state index contributed by atoms with van der Waals surface area (Å²) in [6.45, 7) is 3.66. The molecule has 0 radical (unpaired) electrons. The van der Waals surface area contributed by atoms with Crippen molar-refractivity contribution in [3.05, 3.63) is 41.0 Å². The van der Waals surface area contributed by atoms with E-state index in [4.69, 9.17) is 4.74 Å². The Morgan fingerprint density at radius 3 is 2.84 bits per heavy atom. The molecule has 1 unspecified atom stereocenters. The molecule has 1 saturated heterocycles. The molecule has 31 heavy (non-hydrogen) atoms. The van der Waals surface area contributed by atoms with Crippen molar-refractivity contribution in [1.82, 2.24) is 19.7 Å². The minimum Gasteiger partial charge on any atom is -0.376 e. The SMILES string of the molecule is Cc1ccc(-c2csc(NC(=O)CSc3nnc(C4CC4)n3CC3CCCO3)n2)cc1. The number of hydrogen-bond acceptors (Lipinski definition) is 7. The molecule has 0 bridgehead atoms. The summed E-state index contributed by atoms with van der Waals surface area (Å²) >= 11 is 2.86. The maximum Gasteiger partial charge on any atom is 0.236 e. The molecule has 3 heterocycles.